The van der Waals surface area contributed by atoms with Crippen molar-refractivity contribution < 1.29 is 26.7 Å². The summed E-state index contributed by atoms with van der Waals surface area (Å²) >= 11 is 0. The number of halogens is 2. The molecule has 33 heavy (non-hydrogen) atoms. The number of aromatic nitrogens is 1. The van der Waals surface area contributed by atoms with Gasteiger partial charge < -0.3 is 15.0 Å². The average molecular weight is 471 g/mol. The summed E-state index contributed by atoms with van der Waals surface area (Å²) in [5.74, 6) is -1.53. The van der Waals surface area contributed by atoms with Crippen molar-refractivity contribution in [1.82, 2.24) is 4.98 Å². The Kier molecular flexibility index (Phi) is 5.77. The van der Waals surface area contributed by atoms with Gasteiger partial charge >= 0.3 is 0 Å². The molecule has 0 saturated carbocycles. The zero-order valence-electron chi connectivity index (χ0n) is 17.6. The molecule has 0 spiro atoms. The molecular weight excluding hydrogens is 452 g/mol. The molecule has 0 unspecified atom stereocenters. The number of anilines is 2. The van der Waals surface area contributed by atoms with Crippen LogP contribution in [0.3, 0.4) is 0 Å². The summed E-state index contributed by atoms with van der Waals surface area (Å²) in [6, 6.07) is 14.4. The first-order chi connectivity index (χ1) is 15.6. The molecule has 1 aromatic heterocycles. The Morgan fingerprint density at radius 2 is 1.76 bits per heavy atom. The molecule has 4 aromatic rings. The van der Waals surface area contributed by atoms with Gasteiger partial charge in [-0.25, -0.2) is 17.2 Å². The van der Waals surface area contributed by atoms with Gasteiger partial charge in [-0.2, -0.15) is 0 Å². The second kappa shape index (κ2) is 8.55. The maximum atomic E-state index is 14.3. The second-order valence-electron chi connectivity index (χ2n) is 7.39. The number of amides is 1. The standard InChI is InChI=1S/C23H19F2N3O4S/c1-32-18-8-14(19-6-4-15(24)10-20(19)25)7-17(11-18)26-23(29)22-9-13-3-5-16(12-21(13)27-22)28-33(2,30)31/h3-12,27-28H,1-2H3,(H,26,29). The van der Waals surface area contributed by atoms with E-state index in [-0.39, 0.29) is 11.3 Å². The number of benzene rings is 3. The van der Waals surface area contributed by atoms with Gasteiger partial charge in [-0.15, -0.1) is 0 Å². The van der Waals surface area contributed by atoms with Crippen molar-refractivity contribution in [3.05, 3.63) is 78.0 Å². The van der Waals surface area contributed by atoms with Gasteiger partial charge in [0.1, 0.15) is 23.1 Å². The zero-order chi connectivity index (χ0) is 23.8. The Hall–Kier alpha value is -3.92. The van der Waals surface area contributed by atoms with Crippen LogP contribution in [-0.4, -0.2) is 32.7 Å². The van der Waals surface area contributed by atoms with Crippen molar-refractivity contribution in [2.45, 2.75) is 0 Å². The van der Waals surface area contributed by atoms with Crippen LogP contribution in [-0.2, 0) is 10.0 Å². The van der Waals surface area contributed by atoms with Crippen molar-refractivity contribution >= 4 is 38.2 Å². The topological polar surface area (TPSA) is 100 Å². The molecular formula is C23H19F2N3O4S. The third-order valence-corrected chi connectivity index (χ3v) is 5.42. The summed E-state index contributed by atoms with van der Waals surface area (Å²) in [6.45, 7) is 0. The molecule has 170 valence electrons. The Bertz CT molecular complexity index is 1480. The molecule has 10 heteroatoms. The molecule has 0 fully saturated rings. The molecule has 0 atom stereocenters. The predicted molar refractivity (Wildman–Crippen MR) is 123 cm³/mol. The van der Waals surface area contributed by atoms with E-state index in [9.17, 15) is 22.0 Å². The minimum Gasteiger partial charge on any atom is -0.497 e. The molecule has 3 aromatic carbocycles. The Labute approximate surface area is 188 Å². The lowest BCUT2D eigenvalue weighted by Crippen LogP contribution is -2.12. The molecule has 7 nitrogen and oxygen atoms in total. The monoisotopic (exact) mass is 471 g/mol. The van der Waals surface area contributed by atoms with Crippen molar-refractivity contribution in [1.29, 1.82) is 0 Å². The molecule has 3 N–H and O–H groups in total. The third kappa shape index (κ3) is 5.12. The van der Waals surface area contributed by atoms with Gasteiger partial charge in [0.15, 0.2) is 0 Å². The Balaban J connectivity index is 1.63. The van der Waals surface area contributed by atoms with E-state index in [1.807, 2.05) is 0 Å². The lowest BCUT2D eigenvalue weighted by molar-refractivity contribution is 0.102. The maximum absolute atomic E-state index is 14.3. The van der Waals surface area contributed by atoms with E-state index in [4.69, 9.17) is 4.74 Å². The average Bonchev–Trinajstić information content (AvgIpc) is 3.16. The van der Waals surface area contributed by atoms with Gasteiger partial charge in [0.25, 0.3) is 5.91 Å². The van der Waals surface area contributed by atoms with E-state index in [1.165, 1.54) is 13.2 Å². The van der Waals surface area contributed by atoms with Crippen LogP contribution in [0, 0.1) is 11.6 Å². The number of nitrogens with one attached hydrogen (secondary N) is 3. The van der Waals surface area contributed by atoms with Crippen molar-refractivity contribution in [3.63, 3.8) is 0 Å². The summed E-state index contributed by atoms with van der Waals surface area (Å²) < 4.78 is 58.1. The number of methoxy groups -OCH3 is 1. The molecule has 4 rings (SSSR count). The largest absolute Gasteiger partial charge is 0.497 e. The number of fused-ring (bicyclic) bond motifs is 1. The predicted octanol–water partition coefficient (Wildman–Crippen LogP) is 4.75. The van der Waals surface area contributed by atoms with E-state index < -0.39 is 27.6 Å². The number of carbonyl (C=O) groups excluding carboxylic acids is 1. The number of carbonyl (C=O) groups is 1. The van der Waals surface area contributed by atoms with Crippen LogP contribution in [0.1, 0.15) is 10.5 Å². The van der Waals surface area contributed by atoms with Gasteiger partial charge in [-0.05, 0) is 48.0 Å². The van der Waals surface area contributed by atoms with Crippen molar-refractivity contribution in [3.8, 4) is 16.9 Å². The van der Waals surface area contributed by atoms with E-state index in [1.54, 1.807) is 42.5 Å². The van der Waals surface area contributed by atoms with Crippen LogP contribution in [0.4, 0.5) is 20.2 Å². The highest BCUT2D eigenvalue weighted by Gasteiger charge is 2.14. The third-order valence-electron chi connectivity index (χ3n) is 4.81. The van der Waals surface area contributed by atoms with Gasteiger partial charge in [-0.3, -0.25) is 9.52 Å². The SMILES string of the molecule is COc1cc(NC(=O)c2cc3ccc(NS(C)(=O)=O)cc3[nH]2)cc(-c2ccc(F)cc2F)c1. The fourth-order valence-electron chi connectivity index (χ4n) is 3.39. The lowest BCUT2D eigenvalue weighted by atomic mass is 10.0. The molecule has 0 bridgehead atoms. The molecule has 0 saturated heterocycles. The quantitative estimate of drug-likeness (QED) is 0.378. The van der Waals surface area contributed by atoms with E-state index in [2.05, 4.69) is 15.0 Å². The fourth-order valence-corrected chi connectivity index (χ4v) is 3.95. The van der Waals surface area contributed by atoms with Gasteiger partial charge in [-0.1, -0.05) is 6.07 Å². The first kappa shape index (κ1) is 22.3. The lowest BCUT2D eigenvalue weighted by Gasteiger charge is -2.11. The summed E-state index contributed by atoms with van der Waals surface area (Å²) in [6.07, 6.45) is 1.05. The van der Waals surface area contributed by atoms with Crippen LogP contribution in [0.5, 0.6) is 5.75 Å². The molecule has 0 radical (unpaired) electrons. The van der Waals surface area contributed by atoms with Crippen LogP contribution in [0.15, 0.2) is 60.7 Å². The number of sulfonamides is 1. The van der Waals surface area contributed by atoms with Crippen molar-refractivity contribution in [2.24, 2.45) is 0 Å². The minimum atomic E-state index is -3.44. The number of rotatable bonds is 6. The molecule has 0 aliphatic heterocycles. The maximum Gasteiger partial charge on any atom is 0.272 e. The molecule has 1 heterocycles. The second-order valence-corrected chi connectivity index (χ2v) is 9.14. The zero-order valence-corrected chi connectivity index (χ0v) is 18.4. The summed E-state index contributed by atoms with van der Waals surface area (Å²) in [5.41, 5.74) is 2.05. The first-order valence-electron chi connectivity index (χ1n) is 9.68. The normalized spacial score (nSPS) is 11.4. The highest BCUT2D eigenvalue weighted by atomic mass is 32.2. The Morgan fingerprint density at radius 1 is 0.970 bits per heavy atom. The first-order valence-corrected chi connectivity index (χ1v) is 11.6. The van der Waals surface area contributed by atoms with E-state index in [0.29, 0.717) is 33.6 Å². The molecule has 0 aliphatic rings. The molecule has 1 amide bonds. The molecule has 0 aliphatic carbocycles. The number of ether oxygens (including phenoxy) is 1. The highest BCUT2D eigenvalue weighted by Crippen LogP contribution is 2.31. The number of aromatic amines is 1. The minimum absolute atomic E-state index is 0.155. The van der Waals surface area contributed by atoms with Crippen molar-refractivity contribution in [2.75, 3.05) is 23.4 Å². The van der Waals surface area contributed by atoms with E-state index >= 15 is 0 Å². The fraction of sp³-hybridized carbons (Fsp3) is 0.0870. The Morgan fingerprint density at radius 3 is 2.45 bits per heavy atom. The van der Waals surface area contributed by atoms with Gasteiger partial charge in [0, 0.05) is 34.3 Å². The summed E-state index contributed by atoms with van der Waals surface area (Å²) in [5, 5.41) is 3.44. The van der Waals surface area contributed by atoms with Crippen LogP contribution in [0.2, 0.25) is 0 Å². The van der Waals surface area contributed by atoms with Crippen LogP contribution >= 0.6 is 0 Å². The summed E-state index contributed by atoms with van der Waals surface area (Å²) in [7, 11) is -2.00. The smallest absolute Gasteiger partial charge is 0.272 e. The van der Waals surface area contributed by atoms with E-state index in [0.717, 1.165) is 18.4 Å². The highest BCUT2D eigenvalue weighted by molar-refractivity contribution is 7.92. The number of hydrogen-bond donors (Lipinski definition) is 3. The number of hydrogen-bond acceptors (Lipinski definition) is 4. The van der Waals surface area contributed by atoms with Gasteiger partial charge in [0.05, 0.1) is 19.1 Å². The van der Waals surface area contributed by atoms with Gasteiger partial charge in [0.2, 0.25) is 10.0 Å². The summed E-state index contributed by atoms with van der Waals surface area (Å²) in [4.78, 5) is 15.8. The van der Waals surface area contributed by atoms with Crippen LogP contribution < -0.4 is 14.8 Å². The number of H-pyrrole nitrogens is 1. The van der Waals surface area contributed by atoms with Crippen LogP contribution in [0.25, 0.3) is 22.0 Å².